The Kier molecular flexibility index (Phi) is 4.25. The molecule has 14 heavy (non-hydrogen) atoms. The highest BCUT2D eigenvalue weighted by Crippen LogP contribution is 2.06. The minimum Gasteiger partial charge on any atom is -0.0821 e. The average Bonchev–Trinajstić information content (AvgIpc) is 2.09. The van der Waals surface area contributed by atoms with Gasteiger partial charge in [0.2, 0.25) is 0 Å². The second-order valence-corrected chi connectivity index (χ2v) is 4.16. The summed E-state index contributed by atoms with van der Waals surface area (Å²) in [6, 6.07) is 4.54. The van der Waals surface area contributed by atoms with Gasteiger partial charge in [0.25, 0.3) is 0 Å². The van der Waals surface area contributed by atoms with Crippen LogP contribution in [0.5, 0.6) is 0 Å². The van der Waals surface area contributed by atoms with Gasteiger partial charge in [-0.05, 0) is 20.8 Å². The monoisotopic (exact) mass is 187 g/mol. The molecule has 1 rings (SSSR count). The first-order chi connectivity index (χ1) is 6.65. The van der Waals surface area contributed by atoms with Crippen LogP contribution in [-0.2, 0) is 0 Å². The Morgan fingerprint density at radius 1 is 1.07 bits per heavy atom. The maximum absolute atomic E-state index is 2.38. The smallest absolute Gasteiger partial charge is 0.0821 e. The van der Waals surface area contributed by atoms with Gasteiger partial charge < -0.3 is 0 Å². The Labute approximate surface area is 89.0 Å². The Balaban J connectivity index is 2.75. The van der Waals surface area contributed by atoms with Crippen molar-refractivity contribution in [1.29, 1.82) is 0 Å². The van der Waals surface area contributed by atoms with Gasteiger partial charge >= 0.3 is 0 Å². The number of rotatable bonds is 4. The fourth-order valence-electron chi connectivity index (χ4n) is 1.96. The molecular weight excluding hydrogens is 167 g/mol. The first kappa shape index (κ1) is 11.4. The largest absolute Gasteiger partial charge is 0.152 e. The molecule has 0 amide bonds. The van der Waals surface area contributed by atoms with Gasteiger partial charge in [-0.3, -0.25) is 0 Å². The van der Waals surface area contributed by atoms with Crippen LogP contribution in [-0.4, -0.2) is 7.28 Å². The lowest BCUT2D eigenvalue weighted by molar-refractivity contribution is 0.881. The summed E-state index contributed by atoms with van der Waals surface area (Å²) in [6.07, 6.45) is 3.79. The van der Waals surface area contributed by atoms with Crippen LogP contribution in [0.25, 0.3) is 0 Å². The molecule has 1 aromatic rings. The topological polar surface area (TPSA) is 0 Å². The van der Waals surface area contributed by atoms with E-state index in [1.807, 2.05) is 0 Å². The van der Waals surface area contributed by atoms with Crippen molar-refractivity contribution in [3.05, 3.63) is 28.8 Å². The van der Waals surface area contributed by atoms with Crippen molar-refractivity contribution in [2.24, 2.45) is 0 Å². The van der Waals surface area contributed by atoms with Crippen molar-refractivity contribution in [3.63, 3.8) is 0 Å². The molecule has 0 heterocycles. The van der Waals surface area contributed by atoms with Gasteiger partial charge in [-0.1, -0.05) is 60.4 Å². The minimum atomic E-state index is 1.21. The number of benzene rings is 1. The molecule has 1 radical (unpaired) electrons. The summed E-state index contributed by atoms with van der Waals surface area (Å²) in [5.74, 6) is 0. The maximum atomic E-state index is 2.38. The van der Waals surface area contributed by atoms with E-state index in [9.17, 15) is 0 Å². The molecule has 0 nitrogen and oxygen atoms in total. The Morgan fingerprint density at radius 3 is 2.14 bits per heavy atom. The van der Waals surface area contributed by atoms with E-state index in [2.05, 4.69) is 47.1 Å². The Bertz CT molecular complexity index is 279. The van der Waals surface area contributed by atoms with Crippen molar-refractivity contribution in [1.82, 2.24) is 0 Å². The summed E-state index contributed by atoms with van der Waals surface area (Å²) in [5, 5.41) is 0. The van der Waals surface area contributed by atoms with E-state index in [0.29, 0.717) is 0 Å². The molecule has 0 aliphatic carbocycles. The third kappa shape index (κ3) is 2.90. The van der Waals surface area contributed by atoms with E-state index in [1.165, 1.54) is 41.3 Å². The first-order valence-corrected chi connectivity index (χ1v) is 5.56. The minimum absolute atomic E-state index is 1.21. The van der Waals surface area contributed by atoms with Crippen molar-refractivity contribution in [3.8, 4) is 0 Å². The molecule has 0 saturated heterocycles. The van der Waals surface area contributed by atoms with Gasteiger partial charge in [-0.2, -0.15) is 0 Å². The molecule has 0 atom stereocenters. The summed E-state index contributed by atoms with van der Waals surface area (Å²) < 4.78 is 0. The average molecular weight is 187 g/mol. The lowest BCUT2D eigenvalue weighted by atomic mass is 9.63. The molecule has 0 aliphatic heterocycles. The second kappa shape index (κ2) is 5.24. The van der Waals surface area contributed by atoms with Gasteiger partial charge in [0.1, 0.15) is 0 Å². The standard InChI is InChI=1S/C13H20B/c1-5-6-7-14-13-11(3)8-10(2)9-12(13)4/h8-9H,5-7H2,1-4H3. The summed E-state index contributed by atoms with van der Waals surface area (Å²) in [4.78, 5) is 0. The van der Waals surface area contributed by atoms with E-state index in [1.54, 1.807) is 0 Å². The molecule has 0 N–H and O–H groups in total. The number of unbranched alkanes of at least 4 members (excludes halogenated alkanes) is 1. The molecule has 0 fully saturated rings. The van der Waals surface area contributed by atoms with Crippen LogP contribution < -0.4 is 5.46 Å². The number of hydrogen-bond acceptors (Lipinski definition) is 0. The molecule has 0 aliphatic rings. The van der Waals surface area contributed by atoms with Gasteiger partial charge in [0.05, 0.1) is 0 Å². The van der Waals surface area contributed by atoms with Crippen LogP contribution in [0.3, 0.4) is 0 Å². The van der Waals surface area contributed by atoms with Crippen molar-refractivity contribution in [2.45, 2.75) is 46.9 Å². The highest BCUT2D eigenvalue weighted by Gasteiger charge is 2.03. The predicted octanol–water partition coefficient (Wildman–Crippen LogP) is 3.16. The van der Waals surface area contributed by atoms with Crippen LogP contribution in [0, 0.1) is 20.8 Å². The SMILES string of the molecule is CCCC[B]c1c(C)cc(C)cc1C. The zero-order valence-corrected chi connectivity index (χ0v) is 9.85. The second-order valence-electron chi connectivity index (χ2n) is 4.16. The Morgan fingerprint density at radius 2 is 1.64 bits per heavy atom. The maximum Gasteiger partial charge on any atom is 0.152 e. The van der Waals surface area contributed by atoms with E-state index in [0.717, 1.165) is 0 Å². The van der Waals surface area contributed by atoms with Crippen LogP contribution in [0.2, 0.25) is 6.32 Å². The summed E-state index contributed by atoms with van der Waals surface area (Å²) in [6.45, 7) is 8.81. The predicted molar refractivity (Wildman–Crippen MR) is 65.8 cm³/mol. The van der Waals surface area contributed by atoms with Crippen LogP contribution in [0.4, 0.5) is 0 Å². The third-order valence-corrected chi connectivity index (χ3v) is 2.64. The third-order valence-electron chi connectivity index (χ3n) is 2.64. The quantitative estimate of drug-likeness (QED) is 0.501. The normalized spacial score (nSPS) is 10.3. The highest BCUT2D eigenvalue weighted by molar-refractivity contribution is 6.54. The summed E-state index contributed by atoms with van der Waals surface area (Å²) >= 11 is 0. The van der Waals surface area contributed by atoms with Gasteiger partial charge in [-0.15, -0.1) is 0 Å². The van der Waals surface area contributed by atoms with Crippen LogP contribution in [0.15, 0.2) is 12.1 Å². The summed E-state index contributed by atoms with van der Waals surface area (Å²) in [5.41, 5.74) is 5.65. The van der Waals surface area contributed by atoms with E-state index < -0.39 is 0 Å². The molecular formula is C13H20B. The lowest BCUT2D eigenvalue weighted by Crippen LogP contribution is -2.20. The van der Waals surface area contributed by atoms with Crippen molar-refractivity contribution < 1.29 is 0 Å². The van der Waals surface area contributed by atoms with Crippen LogP contribution >= 0.6 is 0 Å². The van der Waals surface area contributed by atoms with Gasteiger partial charge in [-0.25, -0.2) is 0 Å². The zero-order chi connectivity index (χ0) is 10.6. The fourth-order valence-corrected chi connectivity index (χ4v) is 1.96. The zero-order valence-electron chi connectivity index (χ0n) is 9.85. The van der Waals surface area contributed by atoms with E-state index in [4.69, 9.17) is 0 Å². The van der Waals surface area contributed by atoms with Crippen molar-refractivity contribution in [2.75, 3.05) is 0 Å². The highest BCUT2D eigenvalue weighted by atomic mass is 14.0. The van der Waals surface area contributed by atoms with E-state index >= 15 is 0 Å². The molecule has 0 saturated carbocycles. The summed E-state index contributed by atoms with van der Waals surface area (Å²) in [7, 11) is 2.38. The molecule has 0 aromatic heterocycles. The molecule has 75 valence electrons. The molecule has 0 bridgehead atoms. The van der Waals surface area contributed by atoms with Gasteiger partial charge in [0.15, 0.2) is 7.28 Å². The van der Waals surface area contributed by atoms with Crippen LogP contribution in [0.1, 0.15) is 36.5 Å². The molecule has 1 heteroatoms. The molecule has 0 unspecified atom stereocenters. The molecule has 0 spiro atoms. The fraction of sp³-hybridized carbons (Fsp3) is 0.538. The molecule has 1 aromatic carbocycles. The van der Waals surface area contributed by atoms with Crippen molar-refractivity contribution >= 4 is 12.7 Å². The van der Waals surface area contributed by atoms with E-state index in [-0.39, 0.29) is 0 Å². The number of aryl methyl sites for hydroxylation is 3. The lowest BCUT2D eigenvalue weighted by Gasteiger charge is -2.10. The Hall–Kier alpha value is -0.715. The van der Waals surface area contributed by atoms with Gasteiger partial charge in [0, 0.05) is 0 Å². The number of hydrogen-bond donors (Lipinski definition) is 0. The first-order valence-electron chi connectivity index (χ1n) is 5.56.